The van der Waals surface area contributed by atoms with E-state index in [4.69, 9.17) is 5.73 Å². The van der Waals surface area contributed by atoms with Crippen molar-refractivity contribution in [1.82, 2.24) is 19.9 Å². The number of imidazole rings is 1. The van der Waals surface area contributed by atoms with E-state index in [1.807, 2.05) is 12.1 Å². The molecule has 25 heavy (non-hydrogen) atoms. The van der Waals surface area contributed by atoms with Gasteiger partial charge in [0.2, 0.25) is 0 Å². The van der Waals surface area contributed by atoms with Gasteiger partial charge in [-0.15, -0.1) is 0 Å². The lowest BCUT2D eigenvalue weighted by atomic mass is 10.1. The monoisotopic (exact) mass is 395 g/mol. The molecular formula is C19H18BrN5. The Bertz CT molecular complexity index is 1000. The van der Waals surface area contributed by atoms with Crippen molar-refractivity contribution in [2.45, 2.75) is 19.3 Å². The second-order valence-electron chi connectivity index (χ2n) is 6.04. The van der Waals surface area contributed by atoms with E-state index in [-0.39, 0.29) is 0 Å². The van der Waals surface area contributed by atoms with Gasteiger partial charge < -0.3 is 15.7 Å². The van der Waals surface area contributed by atoms with Crippen LogP contribution in [0.4, 0.5) is 5.95 Å². The zero-order valence-corrected chi connectivity index (χ0v) is 15.2. The summed E-state index contributed by atoms with van der Waals surface area (Å²) in [6.07, 6.45) is 4.91. The Morgan fingerprint density at radius 1 is 1.04 bits per heavy atom. The van der Waals surface area contributed by atoms with E-state index in [9.17, 15) is 0 Å². The van der Waals surface area contributed by atoms with E-state index >= 15 is 0 Å². The predicted octanol–water partition coefficient (Wildman–Crippen LogP) is 4.47. The third-order valence-electron chi connectivity index (χ3n) is 4.27. The number of nitrogen functional groups attached to an aromatic ring is 1. The fraction of sp³-hybridized carbons (Fsp3) is 0.158. The normalized spacial score (nSPS) is 11.2. The number of nitrogens with one attached hydrogen (secondary N) is 2. The third-order valence-corrected chi connectivity index (χ3v) is 4.98. The number of aromatic nitrogens is 4. The smallest absolute Gasteiger partial charge is 0.198 e. The van der Waals surface area contributed by atoms with Crippen LogP contribution in [-0.4, -0.2) is 19.9 Å². The number of hydrogen-bond donors (Lipinski definition) is 3. The molecule has 5 nitrogen and oxygen atoms in total. The molecule has 0 aliphatic carbocycles. The summed E-state index contributed by atoms with van der Waals surface area (Å²) in [4.78, 5) is 15.3. The Kier molecular flexibility index (Phi) is 4.28. The molecule has 0 radical (unpaired) electrons. The molecular weight excluding hydrogens is 378 g/mol. The number of pyridine rings is 1. The molecule has 4 N–H and O–H groups in total. The minimum absolute atomic E-state index is 0.401. The number of fused-ring (bicyclic) bond motifs is 1. The molecule has 0 fully saturated rings. The highest BCUT2D eigenvalue weighted by Gasteiger charge is 2.13. The molecule has 0 saturated heterocycles. The number of benzene rings is 1. The Hall–Kier alpha value is -2.60. The van der Waals surface area contributed by atoms with Crippen LogP contribution in [0.2, 0.25) is 0 Å². The van der Waals surface area contributed by atoms with Crippen LogP contribution in [0.25, 0.3) is 22.4 Å². The van der Waals surface area contributed by atoms with E-state index in [0.29, 0.717) is 5.95 Å². The number of halogens is 1. The first-order chi connectivity index (χ1) is 12.2. The van der Waals surface area contributed by atoms with Gasteiger partial charge in [0.15, 0.2) is 5.95 Å². The number of nitrogens with two attached hydrogens (primary N) is 1. The maximum absolute atomic E-state index is 5.78. The van der Waals surface area contributed by atoms with Crippen molar-refractivity contribution < 1.29 is 0 Å². The first kappa shape index (κ1) is 15.9. The molecule has 3 aromatic heterocycles. The van der Waals surface area contributed by atoms with Gasteiger partial charge in [-0.05, 0) is 58.5 Å². The molecule has 4 rings (SSSR count). The van der Waals surface area contributed by atoms with Gasteiger partial charge in [0.25, 0.3) is 0 Å². The molecule has 4 aromatic rings. The molecule has 126 valence electrons. The number of anilines is 1. The molecule has 0 spiro atoms. The lowest BCUT2D eigenvalue weighted by Gasteiger charge is -2.00. The minimum Gasteiger partial charge on any atom is -0.369 e. The Balaban J connectivity index is 1.55. The molecule has 6 heteroatoms. The number of H-pyrrole nitrogens is 2. The van der Waals surface area contributed by atoms with Gasteiger partial charge in [-0.3, -0.25) is 4.98 Å². The Labute approximate surface area is 153 Å². The van der Waals surface area contributed by atoms with Gasteiger partial charge in [-0.25, -0.2) is 4.98 Å². The van der Waals surface area contributed by atoms with Crippen LogP contribution in [0.15, 0.2) is 53.3 Å². The van der Waals surface area contributed by atoms with Gasteiger partial charge >= 0.3 is 0 Å². The van der Waals surface area contributed by atoms with Crippen molar-refractivity contribution in [2.24, 2.45) is 0 Å². The van der Waals surface area contributed by atoms with E-state index in [2.05, 4.69) is 66.2 Å². The van der Waals surface area contributed by atoms with Crippen LogP contribution in [-0.2, 0) is 12.8 Å². The number of aromatic amines is 2. The van der Waals surface area contributed by atoms with Gasteiger partial charge in [0, 0.05) is 6.20 Å². The van der Waals surface area contributed by atoms with Crippen molar-refractivity contribution in [3.63, 3.8) is 0 Å². The van der Waals surface area contributed by atoms with Crippen LogP contribution in [0.1, 0.15) is 17.5 Å². The summed E-state index contributed by atoms with van der Waals surface area (Å²) in [5.41, 5.74) is 11.8. The van der Waals surface area contributed by atoms with E-state index in [1.165, 1.54) is 11.1 Å². The molecule has 0 aliphatic heterocycles. The van der Waals surface area contributed by atoms with E-state index in [0.717, 1.165) is 46.3 Å². The molecule has 1 aromatic carbocycles. The molecule has 0 atom stereocenters. The highest BCUT2D eigenvalue weighted by molar-refractivity contribution is 9.10. The molecule has 0 unspecified atom stereocenters. The van der Waals surface area contributed by atoms with Crippen molar-refractivity contribution in [2.75, 3.05) is 5.73 Å². The van der Waals surface area contributed by atoms with Gasteiger partial charge in [0.05, 0.1) is 15.8 Å². The largest absolute Gasteiger partial charge is 0.369 e. The highest BCUT2D eigenvalue weighted by atomic mass is 79.9. The first-order valence-electron chi connectivity index (χ1n) is 8.22. The average molecular weight is 396 g/mol. The topological polar surface area (TPSA) is 83.4 Å². The minimum atomic E-state index is 0.401. The summed E-state index contributed by atoms with van der Waals surface area (Å²) in [6.45, 7) is 0. The van der Waals surface area contributed by atoms with Gasteiger partial charge in [0.1, 0.15) is 11.2 Å². The van der Waals surface area contributed by atoms with E-state index < -0.39 is 0 Å². The highest BCUT2D eigenvalue weighted by Crippen LogP contribution is 2.29. The summed E-state index contributed by atoms with van der Waals surface area (Å²) in [5.74, 6) is 0.401. The lowest BCUT2D eigenvalue weighted by molar-refractivity contribution is 0.818. The number of nitrogens with zero attached hydrogens (tertiary/aromatic N) is 2. The zero-order valence-electron chi connectivity index (χ0n) is 13.6. The molecule has 0 bridgehead atoms. The molecule has 0 amide bonds. The SMILES string of the molecule is Nc1nc2c(-c3cc(CCCc4ccccc4)c(Br)[nH]3)nccc2[nH]1. The standard InChI is InChI=1S/C19H18BrN5/c20-18-13(8-4-7-12-5-2-1-3-6-12)11-15(23-18)16-17-14(9-10-22-16)24-19(21)25-17/h1-3,5-6,9-11,23H,4,7-8H2,(H3,21,24,25). The second-order valence-corrected chi connectivity index (χ2v) is 6.83. The first-order valence-corrected chi connectivity index (χ1v) is 9.02. The van der Waals surface area contributed by atoms with Crippen LogP contribution >= 0.6 is 15.9 Å². The van der Waals surface area contributed by atoms with Crippen LogP contribution in [0, 0.1) is 0 Å². The molecule has 0 aliphatic rings. The van der Waals surface area contributed by atoms with Crippen LogP contribution in [0.3, 0.4) is 0 Å². The van der Waals surface area contributed by atoms with Crippen LogP contribution < -0.4 is 5.73 Å². The maximum atomic E-state index is 5.78. The van der Waals surface area contributed by atoms with E-state index in [1.54, 1.807) is 6.20 Å². The molecule has 3 heterocycles. The fourth-order valence-corrected chi connectivity index (χ4v) is 3.59. The number of aryl methyl sites for hydroxylation is 2. The summed E-state index contributed by atoms with van der Waals surface area (Å²) in [6, 6.07) is 14.6. The van der Waals surface area contributed by atoms with Crippen molar-refractivity contribution in [1.29, 1.82) is 0 Å². The van der Waals surface area contributed by atoms with Gasteiger partial charge in [-0.2, -0.15) is 0 Å². The number of hydrogen-bond acceptors (Lipinski definition) is 3. The summed E-state index contributed by atoms with van der Waals surface area (Å²) >= 11 is 3.63. The van der Waals surface area contributed by atoms with Crippen LogP contribution in [0.5, 0.6) is 0 Å². The summed E-state index contributed by atoms with van der Waals surface area (Å²) in [5, 5.41) is 0. The Morgan fingerprint density at radius 2 is 1.88 bits per heavy atom. The summed E-state index contributed by atoms with van der Waals surface area (Å²) in [7, 11) is 0. The second kappa shape index (κ2) is 6.72. The van der Waals surface area contributed by atoms with Crippen molar-refractivity contribution >= 4 is 32.9 Å². The lowest BCUT2D eigenvalue weighted by Crippen LogP contribution is -1.89. The Morgan fingerprint density at radius 3 is 2.72 bits per heavy atom. The summed E-state index contributed by atoms with van der Waals surface area (Å²) < 4.78 is 0.998. The van der Waals surface area contributed by atoms with Crippen molar-refractivity contribution in [3.05, 3.63) is 64.4 Å². The molecule has 0 saturated carbocycles. The number of rotatable bonds is 5. The van der Waals surface area contributed by atoms with Crippen molar-refractivity contribution in [3.8, 4) is 11.4 Å². The maximum Gasteiger partial charge on any atom is 0.198 e. The quantitative estimate of drug-likeness (QED) is 0.465. The van der Waals surface area contributed by atoms with Gasteiger partial charge in [-0.1, -0.05) is 30.3 Å². The zero-order chi connectivity index (χ0) is 17.2. The third kappa shape index (κ3) is 3.30. The average Bonchev–Trinajstić information content (AvgIpc) is 3.17. The predicted molar refractivity (Wildman–Crippen MR) is 104 cm³/mol. The fourth-order valence-electron chi connectivity index (χ4n) is 3.06.